The molecule has 0 aliphatic carbocycles. The van der Waals surface area contributed by atoms with Crippen LogP contribution in [0.5, 0.6) is 5.75 Å². The van der Waals surface area contributed by atoms with Gasteiger partial charge in [0.05, 0.1) is 24.0 Å². The number of furan rings is 1. The summed E-state index contributed by atoms with van der Waals surface area (Å²) in [6.45, 7) is 1.42. The molecule has 3 heterocycles. The predicted octanol–water partition coefficient (Wildman–Crippen LogP) is 2.71. The van der Waals surface area contributed by atoms with Gasteiger partial charge < -0.3 is 19.4 Å². The number of hydrogen-bond donors (Lipinski definition) is 1. The van der Waals surface area contributed by atoms with E-state index < -0.39 is 22.0 Å². The van der Waals surface area contributed by atoms with Gasteiger partial charge in [0.2, 0.25) is 15.9 Å². The average Bonchev–Trinajstić information content (AvgIpc) is 3.51. The number of likely N-dealkylation sites (tertiary alicyclic amines) is 1. The molecule has 2 amide bonds. The Kier molecular flexibility index (Phi) is 6.52. The van der Waals surface area contributed by atoms with Crippen LogP contribution in [0.15, 0.2) is 45.9 Å². The molecule has 4 rings (SSSR count). The monoisotopic (exact) mass is 461 g/mol. The highest BCUT2D eigenvalue weighted by molar-refractivity contribution is 7.89. The molecular formula is C22H27N3O6S. The van der Waals surface area contributed by atoms with Crippen LogP contribution in [0.4, 0.5) is 5.69 Å². The molecule has 0 radical (unpaired) electrons. The number of hydrogen-bond acceptors (Lipinski definition) is 6. The van der Waals surface area contributed by atoms with E-state index in [0.717, 1.165) is 19.3 Å². The van der Waals surface area contributed by atoms with Crippen molar-refractivity contribution in [1.82, 2.24) is 9.21 Å². The predicted molar refractivity (Wildman–Crippen MR) is 117 cm³/mol. The minimum atomic E-state index is -3.67. The summed E-state index contributed by atoms with van der Waals surface area (Å²) in [5, 5.41) is 2.78. The Labute approximate surface area is 187 Å². The second kappa shape index (κ2) is 9.33. The van der Waals surface area contributed by atoms with Gasteiger partial charge in [-0.25, -0.2) is 8.42 Å². The Morgan fingerprint density at radius 1 is 1.09 bits per heavy atom. The topological polar surface area (TPSA) is 109 Å². The van der Waals surface area contributed by atoms with E-state index in [1.807, 2.05) is 0 Å². The van der Waals surface area contributed by atoms with Gasteiger partial charge >= 0.3 is 0 Å². The number of carbonyl (C=O) groups is 2. The first-order valence-electron chi connectivity index (χ1n) is 10.8. The normalized spacial score (nSPS) is 19.7. The van der Waals surface area contributed by atoms with Gasteiger partial charge in [-0.2, -0.15) is 4.31 Å². The number of amides is 2. The first-order valence-corrected chi connectivity index (χ1v) is 12.2. The number of piperidine rings is 1. The van der Waals surface area contributed by atoms with E-state index in [-0.39, 0.29) is 22.3 Å². The molecule has 1 aromatic carbocycles. The lowest BCUT2D eigenvalue weighted by atomic mass is 10.2. The molecule has 2 aliphatic rings. The highest BCUT2D eigenvalue weighted by atomic mass is 32.2. The fourth-order valence-corrected chi connectivity index (χ4v) is 5.78. The van der Waals surface area contributed by atoms with E-state index in [4.69, 9.17) is 9.15 Å². The maximum Gasteiger partial charge on any atom is 0.290 e. The van der Waals surface area contributed by atoms with E-state index in [1.165, 1.54) is 40.8 Å². The van der Waals surface area contributed by atoms with Gasteiger partial charge in [-0.05, 0) is 56.0 Å². The van der Waals surface area contributed by atoms with Crippen molar-refractivity contribution >= 4 is 27.5 Å². The summed E-state index contributed by atoms with van der Waals surface area (Å²) in [6.07, 6.45) is 5.29. The molecule has 10 heteroatoms. The van der Waals surface area contributed by atoms with E-state index >= 15 is 0 Å². The molecule has 1 aromatic heterocycles. The van der Waals surface area contributed by atoms with Crippen LogP contribution in [-0.4, -0.2) is 62.2 Å². The Balaban J connectivity index is 1.55. The highest BCUT2D eigenvalue weighted by Gasteiger charge is 2.36. The summed E-state index contributed by atoms with van der Waals surface area (Å²) in [5.41, 5.74) is 0.257. The van der Waals surface area contributed by atoms with E-state index in [1.54, 1.807) is 12.1 Å². The lowest BCUT2D eigenvalue weighted by Crippen LogP contribution is -2.43. The Hall–Kier alpha value is -2.85. The Morgan fingerprint density at radius 2 is 1.88 bits per heavy atom. The number of methoxy groups -OCH3 is 1. The summed E-state index contributed by atoms with van der Waals surface area (Å²) < 4.78 is 38.1. The lowest BCUT2D eigenvalue weighted by Gasteiger charge is -2.26. The molecule has 0 spiro atoms. The third-order valence-corrected chi connectivity index (χ3v) is 7.82. The van der Waals surface area contributed by atoms with Crippen molar-refractivity contribution in [3.63, 3.8) is 0 Å². The molecule has 32 heavy (non-hydrogen) atoms. The molecule has 172 valence electrons. The molecule has 2 aromatic rings. The van der Waals surface area contributed by atoms with Crippen molar-refractivity contribution in [2.24, 2.45) is 0 Å². The smallest absolute Gasteiger partial charge is 0.290 e. The Bertz CT molecular complexity index is 1080. The van der Waals surface area contributed by atoms with Crippen LogP contribution in [0.1, 0.15) is 42.7 Å². The molecular weight excluding hydrogens is 434 g/mol. The van der Waals surface area contributed by atoms with Crippen molar-refractivity contribution < 1.29 is 27.2 Å². The number of sulfonamides is 1. The minimum absolute atomic E-state index is 0.102. The summed E-state index contributed by atoms with van der Waals surface area (Å²) in [4.78, 5) is 27.4. The van der Waals surface area contributed by atoms with Gasteiger partial charge in [-0.15, -0.1) is 0 Å². The second-order valence-corrected chi connectivity index (χ2v) is 9.89. The third-order valence-electron chi connectivity index (χ3n) is 5.93. The van der Waals surface area contributed by atoms with Crippen LogP contribution in [0.3, 0.4) is 0 Å². The van der Waals surface area contributed by atoms with Gasteiger partial charge in [-0.3, -0.25) is 9.59 Å². The average molecular weight is 462 g/mol. The molecule has 1 atom stereocenters. The van der Waals surface area contributed by atoms with Crippen molar-refractivity contribution in [2.45, 2.75) is 43.0 Å². The molecule has 2 saturated heterocycles. The van der Waals surface area contributed by atoms with Crippen LogP contribution < -0.4 is 10.1 Å². The fraction of sp³-hybridized carbons (Fsp3) is 0.455. The summed E-state index contributed by atoms with van der Waals surface area (Å²) >= 11 is 0. The fourth-order valence-electron chi connectivity index (χ4n) is 4.24. The lowest BCUT2D eigenvalue weighted by molar-refractivity contribution is -0.119. The minimum Gasteiger partial charge on any atom is -0.495 e. The maximum atomic E-state index is 13.1. The van der Waals surface area contributed by atoms with Gasteiger partial charge in [0.1, 0.15) is 11.8 Å². The van der Waals surface area contributed by atoms with Crippen molar-refractivity contribution in [2.75, 3.05) is 32.1 Å². The molecule has 2 aliphatic heterocycles. The third kappa shape index (κ3) is 4.37. The van der Waals surface area contributed by atoms with Crippen LogP contribution in [0.25, 0.3) is 0 Å². The molecule has 0 saturated carbocycles. The number of nitrogens with zero attached hydrogens (tertiary/aromatic N) is 2. The van der Waals surface area contributed by atoms with Crippen molar-refractivity contribution in [3.8, 4) is 5.75 Å². The van der Waals surface area contributed by atoms with E-state index in [2.05, 4.69) is 5.32 Å². The number of benzene rings is 1. The zero-order valence-corrected chi connectivity index (χ0v) is 18.8. The molecule has 1 N–H and O–H groups in total. The van der Waals surface area contributed by atoms with Crippen molar-refractivity contribution in [3.05, 3.63) is 42.4 Å². The SMILES string of the molecule is COc1ccc(S(=O)(=O)N2CCCCC2)cc1NC(=O)C1CCCN1C(=O)c1ccco1. The van der Waals surface area contributed by atoms with Gasteiger partial charge in [-0.1, -0.05) is 6.42 Å². The molecule has 1 unspecified atom stereocenters. The zero-order chi connectivity index (χ0) is 22.7. The number of carbonyl (C=O) groups excluding carboxylic acids is 2. The van der Waals surface area contributed by atoms with Gasteiger partial charge in [0.15, 0.2) is 5.76 Å². The number of rotatable bonds is 6. The quantitative estimate of drug-likeness (QED) is 0.708. The molecule has 2 fully saturated rings. The number of anilines is 1. The largest absolute Gasteiger partial charge is 0.495 e. The van der Waals surface area contributed by atoms with Gasteiger partial charge in [0.25, 0.3) is 5.91 Å². The first kappa shape index (κ1) is 22.3. The second-order valence-electron chi connectivity index (χ2n) is 7.95. The van der Waals surface area contributed by atoms with E-state index in [0.29, 0.717) is 38.2 Å². The highest BCUT2D eigenvalue weighted by Crippen LogP contribution is 2.31. The molecule has 9 nitrogen and oxygen atoms in total. The standard InChI is InChI=1S/C22H27N3O6S/c1-30-19-10-9-16(32(28,29)24-11-3-2-4-12-24)15-17(19)23-21(26)18-7-5-13-25(18)22(27)20-8-6-14-31-20/h6,8-10,14-15,18H,2-5,7,11-13H2,1H3,(H,23,26). The number of nitrogens with one attached hydrogen (secondary N) is 1. The summed E-state index contributed by atoms with van der Waals surface area (Å²) in [6, 6.07) is 6.95. The van der Waals surface area contributed by atoms with Crippen LogP contribution in [-0.2, 0) is 14.8 Å². The van der Waals surface area contributed by atoms with Crippen LogP contribution >= 0.6 is 0 Å². The first-order chi connectivity index (χ1) is 15.4. The zero-order valence-electron chi connectivity index (χ0n) is 18.0. The molecule has 0 bridgehead atoms. The maximum absolute atomic E-state index is 13.1. The summed E-state index contributed by atoms with van der Waals surface area (Å²) in [7, 11) is -2.22. The van der Waals surface area contributed by atoms with Crippen LogP contribution in [0, 0.1) is 0 Å². The van der Waals surface area contributed by atoms with Crippen LogP contribution in [0.2, 0.25) is 0 Å². The number of ether oxygens (including phenoxy) is 1. The van der Waals surface area contributed by atoms with E-state index in [9.17, 15) is 18.0 Å². The van der Waals surface area contributed by atoms with Crippen molar-refractivity contribution in [1.29, 1.82) is 0 Å². The Morgan fingerprint density at radius 3 is 2.56 bits per heavy atom. The summed E-state index contributed by atoms with van der Waals surface area (Å²) in [5.74, 6) is -0.218. The van der Waals surface area contributed by atoms with Gasteiger partial charge in [0, 0.05) is 19.6 Å².